The molecular weight excluding hydrogens is 240 g/mol. The molecule has 0 aliphatic heterocycles. The number of aliphatic carboxylic acids is 1. The zero-order valence-corrected chi connectivity index (χ0v) is 11.7. The summed E-state index contributed by atoms with van der Waals surface area (Å²) in [4.78, 5) is 15.4. The Labute approximate surface area is 113 Å². The zero-order chi connectivity index (χ0) is 14.0. The molecule has 1 aromatic carbocycles. The number of nitrogens with zero attached hydrogens (tertiary/aromatic N) is 2. The molecule has 0 aliphatic carbocycles. The highest BCUT2D eigenvalue weighted by molar-refractivity contribution is 5.79. The number of carboxylic acid groups (broad SMARTS) is 1. The van der Waals surface area contributed by atoms with Crippen LogP contribution in [0.3, 0.4) is 0 Å². The molecule has 0 amide bonds. The minimum absolute atomic E-state index is 0.0500. The Balaban J connectivity index is 2.47. The second-order valence-electron chi connectivity index (χ2n) is 5.28. The first-order valence-electron chi connectivity index (χ1n) is 6.71. The van der Waals surface area contributed by atoms with Crippen molar-refractivity contribution in [1.82, 2.24) is 9.55 Å². The molecule has 2 aromatic rings. The van der Waals surface area contributed by atoms with Gasteiger partial charge in [0.15, 0.2) is 0 Å². The number of aromatic nitrogens is 2. The Bertz CT molecular complexity index is 599. The zero-order valence-electron chi connectivity index (χ0n) is 11.7. The van der Waals surface area contributed by atoms with Crippen molar-refractivity contribution in [2.24, 2.45) is 5.92 Å². The predicted molar refractivity (Wildman–Crippen MR) is 75.3 cm³/mol. The largest absolute Gasteiger partial charge is 0.481 e. The Morgan fingerprint density at radius 3 is 2.74 bits per heavy atom. The van der Waals surface area contributed by atoms with Gasteiger partial charge < -0.3 is 9.67 Å². The minimum Gasteiger partial charge on any atom is -0.481 e. The second-order valence-corrected chi connectivity index (χ2v) is 5.28. The highest BCUT2D eigenvalue weighted by Crippen LogP contribution is 2.20. The third-order valence-corrected chi connectivity index (χ3v) is 3.11. The highest BCUT2D eigenvalue weighted by Gasteiger charge is 2.11. The van der Waals surface area contributed by atoms with Gasteiger partial charge in [-0.05, 0) is 23.6 Å². The lowest BCUT2D eigenvalue weighted by atomic mass is 10.1. The van der Waals surface area contributed by atoms with E-state index < -0.39 is 5.97 Å². The number of hydrogen-bond acceptors (Lipinski definition) is 2. The van der Waals surface area contributed by atoms with Crippen molar-refractivity contribution in [2.75, 3.05) is 0 Å². The molecule has 2 rings (SSSR count). The van der Waals surface area contributed by atoms with Crippen LogP contribution in [-0.4, -0.2) is 20.6 Å². The first kappa shape index (κ1) is 13.6. The van der Waals surface area contributed by atoms with E-state index in [9.17, 15) is 4.79 Å². The van der Waals surface area contributed by atoms with E-state index in [4.69, 9.17) is 5.11 Å². The van der Waals surface area contributed by atoms with Gasteiger partial charge in [0, 0.05) is 13.0 Å². The Kier molecular flexibility index (Phi) is 3.88. The van der Waals surface area contributed by atoms with Crippen LogP contribution >= 0.6 is 0 Å². The maximum absolute atomic E-state index is 10.8. The summed E-state index contributed by atoms with van der Waals surface area (Å²) in [6, 6.07) is 5.76. The SMILES string of the molecule is CCc1nc2cc(CC(=O)O)ccc2n1CC(C)C. The fourth-order valence-electron chi connectivity index (χ4n) is 2.35. The van der Waals surface area contributed by atoms with Crippen LogP contribution in [0.4, 0.5) is 0 Å². The topological polar surface area (TPSA) is 55.1 Å². The average molecular weight is 260 g/mol. The molecule has 0 radical (unpaired) electrons. The smallest absolute Gasteiger partial charge is 0.307 e. The van der Waals surface area contributed by atoms with Gasteiger partial charge in [0.05, 0.1) is 17.5 Å². The quantitative estimate of drug-likeness (QED) is 0.899. The van der Waals surface area contributed by atoms with E-state index in [1.54, 1.807) is 0 Å². The van der Waals surface area contributed by atoms with Gasteiger partial charge in [-0.2, -0.15) is 0 Å². The van der Waals surface area contributed by atoms with Crippen molar-refractivity contribution in [3.63, 3.8) is 0 Å². The molecule has 4 nitrogen and oxygen atoms in total. The van der Waals surface area contributed by atoms with Crippen molar-refractivity contribution in [1.29, 1.82) is 0 Å². The molecule has 4 heteroatoms. The van der Waals surface area contributed by atoms with Gasteiger partial charge >= 0.3 is 5.97 Å². The maximum Gasteiger partial charge on any atom is 0.307 e. The van der Waals surface area contributed by atoms with Gasteiger partial charge in [0.1, 0.15) is 5.82 Å². The fourth-order valence-corrected chi connectivity index (χ4v) is 2.35. The molecule has 0 unspecified atom stereocenters. The van der Waals surface area contributed by atoms with E-state index in [0.29, 0.717) is 5.92 Å². The molecule has 19 heavy (non-hydrogen) atoms. The molecule has 0 spiro atoms. The molecule has 0 fully saturated rings. The van der Waals surface area contributed by atoms with E-state index in [-0.39, 0.29) is 6.42 Å². The third kappa shape index (κ3) is 2.95. The van der Waals surface area contributed by atoms with Crippen molar-refractivity contribution in [3.05, 3.63) is 29.6 Å². The van der Waals surface area contributed by atoms with Crippen LogP contribution in [0.1, 0.15) is 32.2 Å². The van der Waals surface area contributed by atoms with Crippen LogP contribution in [0.25, 0.3) is 11.0 Å². The number of carboxylic acids is 1. The lowest BCUT2D eigenvalue weighted by Crippen LogP contribution is -2.08. The summed E-state index contributed by atoms with van der Waals surface area (Å²) in [5.41, 5.74) is 2.80. The Morgan fingerprint density at radius 1 is 1.42 bits per heavy atom. The van der Waals surface area contributed by atoms with Crippen molar-refractivity contribution in [2.45, 2.75) is 40.2 Å². The highest BCUT2D eigenvalue weighted by atomic mass is 16.4. The number of imidazole rings is 1. The van der Waals surface area contributed by atoms with Crippen LogP contribution in [0, 0.1) is 5.92 Å². The van der Waals surface area contributed by atoms with E-state index in [1.807, 2.05) is 18.2 Å². The molecule has 102 valence electrons. The van der Waals surface area contributed by atoms with Gasteiger partial charge in [-0.15, -0.1) is 0 Å². The molecule has 0 atom stereocenters. The van der Waals surface area contributed by atoms with E-state index in [2.05, 4.69) is 30.3 Å². The van der Waals surface area contributed by atoms with Gasteiger partial charge in [-0.25, -0.2) is 4.98 Å². The second kappa shape index (κ2) is 5.43. The average Bonchev–Trinajstić information content (AvgIpc) is 2.65. The summed E-state index contributed by atoms with van der Waals surface area (Å²) < 4.78 is 2.24. The van der Waals surface area contributed by atoms with Crippen molar-refractivity contribution >= 4 is 17.0 Å². The Morgan fingerprint density at radius 2 is 2.16 bits per heavy atom. The first-order valence-corrected chi connectivity index (χ1v) is 6.71. The number of hydrogen-bond donors (Lipinski definition) is 1. The minimum atomic E-state index is -0.809. The molecule has 0 saturated carbocycles. The molecule has 1 aromatic heterocycles. The normalized spacial score (nSPS) is 11.4. The summed E-state index contributed by atoms with van der Waals surface area (Å²) in [7, 11) is 0. The lowest BCUT2D eigenvalue weighted by molar-refractivity contribution is -0.136. The molecule has 1 heterocycles. The van der Waals surface area contributed by atoms with Gasteiger partial charge in [-0.3, -0.25) is 4.79 Å². The number of benzene rings is 1. The summed E-state index contributed by atoms with van der Waals surface area (Å²) in [6.07, 6.45) is 0.935. The van der Waals surface area contributed by atoms with E-state index >= 15 is 0 Å². The monoisotopic (exact) mass is 260 g/mol. The first-order chi connectivity index (χ1) is 9.01. The van der Waals surface area contributed by atoms with Gasteiger partial charge in [-0.1, -0.05) is 26.8 Å². The lowest BCUT2D eigenvalue weighted by Gasteiger charge is -2.10. The van der Waals surface area contributed by atoms with Crippen molar-refractivity contribution in [3.8, 4) is 0 Å². The van der Waals surface area contributed by atoms with Crippen LogP contribution in [0.2, 0.25) is 0 Å². The van der Waals surface area contributed by atoms with Gasteiger partial charge in [0.2, 0.25) is 0 Å². The van der Waals surface area contributed by atoms with E-state index in [1.165, 1.54) is 0 Å². The van der Waals surface area contributed by atoms with Crippen LogP contribution in [-0.2, 0) is 24.2 Å². The molecule has 1 N–H and O–H groups in total. The van der Waals surface area contributed by atoms with Crippen LogP contribution < -0.4 is 0 Å². The molecule has 0 aliphatic rings. The summed E-state index contributed by atoms with van der Waals surface area (Å²) in [6.45, 7) is 7.41. The van der Waals surface area contributed by atoms with E-state index in [0.717, 1.165) is 35.4 Å². The fraction of sp³-hybridized carbons (Fsp3) is 0.467. The van der Waals surface area contributed by atoms with Crippen LogP contribution in [0.15, 0.2) is 18.2 Å². The summed E-state index contributed by atoms with van der Waals surface area (Å²) >= 11 is 0. The number of carbonyl (C=O) groups is 1. The number of fused-ring (bicyclic) bond motifs is 1. The maximum atomic E-state index is 10.8. The summed E-state index contributed by atoms with van der Waals surface area (Å²) in [5.74, 6) is 0.814. The number of rotatable bonds is 5. The number of aryl methyl sites for hydroxylation is 1. The van der Waals surface area contributed by atoms with Gasteiger partial charge in [0.25, 0.3) is 0 Å². The third-order valence-electron chi connectivity index (χ3n) is 3.11. The molecule has 0 bridgehead atoms. The molecular formula is C15H20N2O2. The van der Waals surface area contributed by atoms with Crippen LogP contribution in [0.5, 0.6) is 0 Å². The standard InChI is InChI=1S/C15H20N2O2/c1-4-14-16-12-7-11(8-15(18)19)5-6-13(12)17(14)9-10(2)3/h5-7,10H,4,8-9H2,1-3H3,(H,18,19). The van der Waals surface area contributed by atoms with Crippen molar-refractivity contribution < 1.29 is 9.90 Å². The predicted octanol–water partition coefficient (Wildman–Crippen LogP) is 2.88. The Hall–Kier alpha value is -1.84. The molecule has 0 saturated heterocycles. The summed E-state index contributed by atoms with van der Waals surface area (Å²) in [5, 5.41) is 8.84.